The molecular weight excluding hydrogens is 206 g/mol. The Morgan fingerprint density at radius 2 is 2.25 bits per heavy atom. The molecule has 0 amide bonds. The molecule has 1 aromatic carbocycles. The van der Waals surface area contributed by atoms with E-state index in [1.54, 1.807) is 7.11 Å². The molecule has 1 aliphatic rings. The maximum atomic E-state index is 5.42. The Balaban J connectivity index is 2.18. The van der Waals surface area contributed by atoms with E-state index in [1.807, 2.05) is 12.1 Å². The van der Waals surface area contributed by atoms with Crippen LogP contribution in [0.4, 0.5) is 5.69 Å². The third-order valence-electron chi connectivity index (χ3n) is 2.53. The number of hydrogen-bond acceptors (Lipinski definition) is 4. The second-order valence-electron chi connectivity index (χ2n) is 3.69. The summed E-state index contributed by atoms with van der Waals surface area (Å²) in [4.78, 5) is 0. The molecule has 0 aromatic heterocycles. The molecule has 0 spiro atoms. The fraction of sp³-hybridized carbons (Fsp3) is 0.500. The summed E-state index contributed by atoms with van der Waals surface area (Å²) < 4.78 is 16.0. The third kappa shape index (κ3) is 2.15. The first-order chi connectivity index (χ1) is 7.85. The van der Waals surface area contributed by atoms with Crippen LogP contribution in [0.3, 0.4) is 0 Å². The first kappa shape index (κ1) is 10.9. The van der Waals surface area contributed by atoms with E-state index in [0.29, 0.717) is 0 Å². The lowest BCUT2D eigenvalue weighted by atomic mass is 10.2. The van der Waals surface area contributed by atoms with Crippen LogP contribution in [0.5, 0.6) is 17.2 Å². The summed E-state index contributed by atoms with van der Waals surface area (Å²) in [6.07, 6.45) is 2.29. The zero-order chi connectivity index (χ0) is 11.4. The first-order valence-corrected chi connectivity index (χ1v) is 5.56. The van der Waals surface area contributed by atoms with Crippen molar-refractivity contribution in [1.29, 1.82) is 0 Å². The zero-order valence-corrected chi connectivity index (χ0v) is 9.71. The van der Waals surface area contributed by atoms with Gasteiger partial charge in [0, 0.05) is 18.7 Å². The van der Waals surface area contributed by atoms with E-state index in [-0.39, 0.29) is 6.79 Å². The summed E-state index contributed by atoms with van der Waals surface area (Å²) in [7, 11) is 1.65. The average Bonchev–Trinajstić information content (AvgIpc) is 2.77. The molecule has 4 heteroatoms. The monoisotopic (exact) mass is 223 g/mol. The Hall–Kier alpha value is -1.58. The summed E-state index contributed by atoms with van der Waals surface area (Å²) in [5.41, 5.74) is 0.945. The number of hydrogen-bond donors (Lipinski definition) is 1. The first-order valence-electron chi connectivity index (χ1n) is 5.56. The van der Waals surface area contributed by atoms with Gasteiger partial charge in [0.2, 0.25) is 6.79 Å². The van der Waals surface area contributed by atoms with Crippen LogP contribution >= 0.6 is 0 Å². The van der Waals surface area contributed by atoms with E-state index in [2.05, 4.69) is 12.2 Å². The van der Waals surface area contributed by atoms with Crippen LogP contribution in [0.25, 0.3) is 0 Å². The van der Waals surface area contributed by atoms with Crippen molar-refractivity contribution in [2.24, 2.45) is 0 Å². The molecule has 0 saturated carbocycles. The molecule has 4 nitrogen and oxygen atoms in total. The van der Waals surface area contributed by atoms with Gasteiger partial charge in [-0.25, -0.2) is 0 Å². The van der Waals surface area contributed by atoms with Crippen LogP contribution in [0.1, 0.15) is 19.8 Å². The second-order valence-corrected chi connectivity index (χ2v) is 3.69. The third-order valence-corrected chi connectivity index (χ3v) is 2.53. The predicted molar refractivity (Wildman–Crippen MR) is 62.5 cm³/mol. The van der Waals surface area contributed by atoms with Crippen molar-refractivity contribution in [3.63, 3.8) is 0 Å². The fourth-order valence-electron chi connectivity index (χ4n) is 1.63. The molecule has 1 N–H and O–H groups in total. The minimum Gasteiger partial charge on any atom is -0.497 e. The molecule has 1 heterocycles. The molecule has 2 rings (SSSR count). The highest BCUT2D eigenvalue weighted by Gasteiger charge is 2.19. The van der Waals surface area contributed by atoms with Crippen molar-refractivity contribution in [3.05, 3.63) is 12.1 Å². The Labute approximate surface area is 95.5 Å². The number of ether oxygens (including phenoxy) is 3. The number of benzene rings is 1. The lowest BCUT2D eigenvalue weighted by Crippen LogP contribution is -2.02. The van der Waals surface area contributed by atoms with Crippen LogP contribution in [0.2, 0.25) is 0 Å². The minimum atomic E-state index is 0.283. The Morgan fingerprint density at radius 1 is 1.38 bits per heavy atom. The highest BCUT2D eigenvalue weighted by molar-refractivity contribution is 5.67. The summed E-state index contributed by atoms with van der Waals surface area (Å²) in [6, 6.07) is 3.77. The van der Waals surface area contributed by atoms with Crippen LogP contribution in [0.15, 0.2) is 12.1 Å². The van der Waals surface area contributed by atoms with Crippen molar-refractivity contribution in [2.45, 2.75) is 19.8 Å². The zero-order valence-electron chi connectivity index (χ0n) is 9.71. The summed E-state index contributed by atoms with van der Waals surface area (Å²) in [6.45, 7) is 3.38. The Bertz CT molecular complexity index is 366. The number of nitrogens with one attached hydrogen (secondary N) is 1. The maximum absolute atomic E-state index is 5.42. The molecule has 16 heavy (non-hydrogen) atoms. The standard InChI is InChI=1S/C12H17NO3/c1-3-4-5-13-10-6-9(14-2)7-11-12(10)16-8-15-11/h6-7,13H,3-5,8H2,1-2H3. The van der Waals surface area contributed by atoms with Gasteiger partial charge in [0.15, 0.2) is 11.5 Å². The summed E-state index contributed by atoms with van der Waals surface area (Å²) in [5.74, 6) is 2.32. The van der Waals surface area contributed by atoms with Crippen molar-refractivity contribution in [2.75, 3.05) is 25.8 Å². The SMILES string of the molecule is CCCCNc1cc(OC)cc2c1OCO2. The molecule has 0 atom stereocenters. The number of rotatable bonds is 5. The molecule has 0 fully saturated rings. The van der Waals surface area contributed by atoms with E-state index in [9.17, 15) is 0 Å². The van der Waals surface area contributed by atoms with Crippen molar-refractivity contribution in [3.8, 4) is 17.2 Å². The van der Waals surface area contributed by atoms with Crippen molar-refractivity contribution >= 4 is 5.69 Å². The topological polar surface area (TPSA) is 39.7 Å². The van der Waals surface area contributed by atoms with Gasteiger partial charge >= 0.3 is 0 Å². The highest BCUT2D eigenvalue weighted by atomic mass is 16.7. The van der Waals surface area contributed by atoms with Crippen LogP contribution in [-0.2, 0) is 0 Å². The second kappa shape index (κ2) is 4.96. The van der Waals surface area contributed by atoms with Crippen molar-refractivity contribution in [1.82, 2.24) is 0 Å². The van der Waals surface area contributed by atoms with Crippen LogP contribution in [0, 0.1) is 0 Å². The Morgan fingerprint density at radius 3 is 3.00 bits per heavy atom. The molecule has 0 radical (unpaired) electrons. The number of fused-ring (bicyclic) bond motifs is 1. The summed E-state index contributed by atoms with van der Waals surface area (Å²) in [5, 5.41) is 3.34. The van der Waals surface area contributed by atoms with Gasteiger partial charge in [0.05, 0.1) is 12.8 Å². The largest absolute Gasteiger partial charge is 0.497 e. The Kier molecular flexibility index (Phi) is 3.39. The molecule has 0 unspecified atom stereocenters. The number of unbranched alkanes of at least 4 members (excludes halogenated alkanes) is 1. The van der Waals surface area contributed by atoms with Crippen LogP contribution < -0.4 is 19.5 Å². The van der Waals surface area contributed by atoms with Gasteiger partial charge in [-0.15, -0.1) is 0 Å². The van der Waals surface area contributed by atoms with Gasteiger partial charge in [-0.05, 0) is 6.42 Å². The van der Waals surface area contributed by atoms with Gasteiger partial charge in [0.1, 0.15) is 5.75 Å². The lowest BCUT2D eigenvalue weighted by Gasteiger charge is -2.10. The summed E-state index contributed by atoms with van der Waals surface area (Å²) >= 11 is 0. The number of anilines is 1. The van der Waals surface area contributed by atoms with Gasteiger partial charge in [-0.3, -0.25) is 0 Å². The predicted octanol–water partition coefficient (Wildman–Crippen LogP) is 2.64. The fourth-order valence-corrected chi connectivity index (χ4v) is 1.63. The molecule has 88 valence electrons. The van der Waals surface area contributed by atoms with Gasteiger partial charge in [-0.1, -0.05) is 13.3 Å². The molecular formula is C12H17NO3. The van der Waals surface area contributed by atoms with E-state index < -0.39 is 0 Å². The molecule has 1 aromatic rings. The molecule has 0 bridgehead atoms. The smallest absolute Gasteiger partial charge is 0.231 e. The molecule has 0 saturated heterocycles. The minimum absolute atomic E-state index is 0.283. The van der Waals surface area contributed by atoms with E-state index in [4.69, 9.17) is 14.2 Å². The van der Waals surface area contributed by atoms with Crippen molar-refractivity contribution < 1.29 is 14.2 Å². The maximum Gasteiger partial charge on any atom is 0.231 e. The normalized spacial score (nSPS) is 12.6. The van der Waals surface area contributed by atoms with E-state index in [1.165, 1.54) is 0 Å². The van der Waals surface area contributed by atoms with Gasteiger partial charge in [-0.2, -0.15) is 0 Å². The van der Waals surface area contributed by atoms with E-state index >= 15 is 0 Å². The highest BCUT2D eigenvalue weighted by Crippen LogP contribution is 2.42. The molecule has 0 aliphatic carbocycles. The molecule has 1 aliphatic heterocycles. The lowest BCUT2D eigenvalue weighted by molar-refractivity contribution is 0.174. The van der Waals surface area contributed by atoms with Gasteiger partial charge < -0.3 is 19.5 Å². The number of methoxy groups -OCH3 is 1. The van der Waals surface area contributed by atoms with Gasteiger partial charge in [0.25, 0.3) is 0 Å². The quantitative estimate of drug-likeness (QED) is 0.779. The van der Waals surface area contributed by atoms with Crippen LogP contribution in [-0.4, -0.2) is 20.4 Å². The average molecular weight is 223 g/mol. The van der Waals surface area contributed by atoms with E-state index in [0.717, 1.165) is 42.3 Å².